The second-order valence-corrected chi connectivity index (χ2v) is 5.23. The van der Waals surface area contributed by atoms with Crippen molar-refractivity contribution in [1.29, 1.82) is 0 Å². The molecule has 1 atom stereocenters. The minimum absolute atomic E-state index is 0.0440. The fraction of sp³-hybridized carbons (Fsp3) is 0.143. The molecule has 0 heterocycles. The lowest BCUT2D eigenvalue weighted by atomic mass is 10.00. The van der Waals surface area contributed by atoms with E-state index in [-0.39, 0.29) is 11.9 Å². The van der Waals surface area contributed by atoms with Gasteiger partial charge in [0.15, 0.2) is 0 Å². The molecule has 0 radical (unpaired) electrons. The molecule has 0 amide bonds. The summed E-state index contributed by atoms with van der Waals surface area (Å²) in [6.07, 6.45) is 0.723. The van der Waals surface area contributed by atoms with Crippen LogP contribution in [-0.4, -0.2) is 0 Å². The number of rotatable bonds is 3. The van der Waals surface area contributed by atoms with Crippen LogP contribution in [0.15, 0.2) is 48.5 Å². The third-order valence-corrected chi connectivity index (χ3v) is 3.39. The highest BCUT2D eigenvalue weighted by Crippen LogP contribution is 2.17. The largest absolute Gasteiger partial charge is 0.324 e. The van der Waals surface area contributed by atoms with Crippen molar-refractivity contribution >= 4 is 22.6 Å². The molecule has 88 valence electrons. The van der Waals surface area contributed by atoms with Crippen molar-refractivity contribution in [2.45, 2.75) is 12.5 Å². The van der Waals surface area contributed by atoms with Gasteiger partial charge >= 0.3 is 0 Å². The van der Waals surface area contributed by atoms with Gasteiger partial charge in [0.05, 0.1) is 0 Å². The van der Waals surface area contributed by atoms with E-state index in [9.17, 15) is 4.39 Å². The van der Waals surface area contributed by atoms with Gasteiger partial charge in [0.2, 0.25) is 0 Å². The molecule has 3 heteroatoms. The van der Waals surface area contributed by atoms with Gasteiger partial charge in [-0.2, -0.15) is 0 Å². The molecule has 0 aliphatic carbocycles. The zero-order valence-corrected chi connectivity index (χ0v) is 11.4. The molecular formula is C14H13FIN. The lowest BCUT2D eigenvalue weighted by Crippen LogP contribution is -2.13. The van der Waals surface area contributed by atoms with Crippen molar-refractivity contribution in [2.75, 3.05) is 0 Å². The average Bonchev–Trinajstić information content (AvgIpc) is 2.33. The summed E-state index contributed by atoms with van der Waals surface area (Å²) in [5, 5.41) is 0. The summed E-state index contributed by atoms with van der Waals surface area (Å²) in [6, 6.07) is 14.6. The molecule has 0 saturated carbocycles. The Labute approximate surface area is 114 Å². The van der Waals surface area contributed by atoms with Crippen LogP contribution in [0.2, 0.25) is 0 Å². The van der Waals surface area contributed by atoms with E-state index in [1.165, 1.54) is 15.7 Å². The normalized spacial score (nSPS) is 12.4. The van der Waals surface area contributed by atoms with Crippen LogP contribution in [0.5, 0.6) is 0 Å². The van der Waals surface area contributed by atoms with Gasteiger partial charge in [0.25, 0.3) is 0 Å². The molecule has 0 saturated heterocycles. The molecule has 0 fully saturated rings. The van der Waals surface area contributed by atoms with Gasteiger partial charge in [-0.1, -0.05) is 24.3 Å². The van der Waals surface area contributed by atoms with Crippen molar-refractivity contribution in [3.8, 4) is 0 Å². The number of hydrogen-bond donors (Lipinski definition) is 1. The Hall–Kier alpha value is -0.940. The first-order chi connectivity index (χ1) is 8.15. The summed E-state index contributed by atoms with van der Waals surface area (Å²) in [6.45, 7) is 0. The maximum atomic E-state index is 12.8. The van der Waals surface area contributed by atoms with E-state index in [1.807, 2.05) is 24.3 Å². The standard InChI is InChI=1S/C14H13FIN/c15-12-5-1-10(2-6-12)9-14(17)11-3-7-13(16)8-4-11/h1-8,14H,9,17H2. The first-order valence-electron chi connectivity index (χ1n) is 5.40. The van der Waals surface area contributed by atoms with E-state index < -0.39 is 0 Å². The lowest BCUT2D eigenvalue weighted by Gasteiger charge is -2.12. The van der Waals surface area contributed by atoms with Crippen LogP contribution in [0.25, 0.3) is 0 Å². The van der Waals surface area contributed by atoms with Gasteiger partial charge in [-0.15, -0.1) is 0 Å². The van der Waals surface area contributed by atoms with Crippen LogP contribution < -0.4 is 5.73 Å². The highest BCUT2D eigenvalue weighted by molar-refractivity contribution is 14.1. The van der Waals surface area contributed by atoms with E-state index >= 15 is 0 Å². The highest BCUT2D eigenvalue weighted by atomic mass is 127. The smallest absolute Gasteiger partial charge is 0.123 e. The SMILES string of the molecule is NC(Cc1ccc(F)cc1)c1ccc(I)cc1. The maximum Gasteiger partial charge on any atom is 0.123 e. The molecular weight excluding hydrogens is 328 g/mol. The number of hydrogen-bond acceptors (Lipinski definition) is 1. The Balaban J connectivity index is 2.08. The third kappa shape index (κ3) is 3.51. The van der Waals surface area contributed by atoms with Crippen molar-refractivity contribution in [2.24, 2.45) is 5.73 Å². The van der Waals surface area contributed by atoms with Crippen molar-refractivity contribution in [1.82, 2.24) is 0 Å². The monoisotopic (exact) mass is 341 g/mol. The summed E-state index contributed by atoms with van der Waals surface area (Å²) in [5.41, 5.74) is 8.28. The number of nitrogens with two attached hydrogens (primary N) is 1. The van der Waals surface area contributed by atoms with Crippen LogP contribution >= 0.6 is 22.6 Å². The molecule has 2 aromatic rings. The molecule has 2 aromatic carbocycles. The second kappa shape index (κ2) is 5.60. The maximum absolute atomic E-state index is 12.8. The molecule has 17 heavy (non-hydrogen) atoms. The van der Waals surface area contributed by atoms with E-state index in [0.29, 0.717) is 0 Å². The highest BCUT2D eigenvalue weighted by Gasteiger charge is 2.06. The minimum atomic E-state index is -0.211. The fourth-order valence-corrected chi connectivity index (χ4v) is 2.06. The van der Waals surface area contributed by atoms with Crippen molar-refractivity contribution in [3.05, 3.63) is 69.0 Å². The van der Waals surface area contributed by atoms with E-state index in [0.717, 1.165) is 17.5 Å². The molecule has 0 aliphatic rings. The van der Waals surface area contributed by atoms with Gasteiger partial charge in [-0.05, 0) is 64.4 Å². The molecule has 0 aliphatic heterocycles. The number of benzene rings is 2. The molecule has 0 bridgehead atoms. The zero-order chi connectivity index (χ0) is 12.3. The predicted molar refractivity (Wildman–Crippen MR) is 76.2 cm³/mol. The third-order valence-electron chi connectivity index (χ3n) is 2.67. The van der Waals surface area contributed by atoms with Crippen LogP contribution in [0.3, 0.4) is 0 Å². The number of halogens is 2. The van der Waals surface area contributed by atoms with Crippen molar-refractivity contribution in [3.63, 3.8) is 0 Å². The molecule has 0 spiro atoms. The molecule has 1 unspecified atom stereocenters. The van der Waals surface area contributed by atoms with Crippen molar-refractivity contribution < 1.29 is 4.39 Å². The topological polar surface area (TPSA) is 26.0 Å². The Morgan fingerprint density at radius 2 is 1.59 bits per heavy atom. The fourth-order valence-electron chi connectivity index (χ4n) is 1.70. The van der Waals surface area contributed by atoms with Gasteiger partial charge in [-0.3, -0.25) is 0 Å². The summed E-state index contributed by atoms with van der Waals surface area (Å²) < 4.78 is 14.0. The summed E-state index contributed by atoms with van der Waals surface area (Å²) in [7, 11) is 0. The van der Waals surface area contributed by atoms with Crippen LogP contribution in [0.4, 0.5) is 4.39 Å². The Morgan fingerprint density at radius 3 is 2.18 bits per heavy atom. The van der Waals surface area contributed by atoms with E-state index in [4.69, 9.17) is 5.73 Å². The lowest BCUT2D eigenvalue weighted by molar-refractivity contribution is 0.625. The summed E-state index contributed by atoms with van der Waals surface area (Å²) in [4.78, 5) is 0. The van der Waals surface area contributed by atoms with E-state index in [1.54, 1.807) is 12.1 Å². The first kappa shape index (κ1) is 12.5. The Bertz CT molecular complexity index is 479. The Kier molecular flexibility index (Phi) is 4.12. The molecule has 2 N–H and O–H groups in total. The minimum Gasteiger partial charge on any atom is -0.324 e. The molecule has 0 aromatic heterocycles. The average molecular weight is 341 g/mol. The van der Waals surface area contributed by atoms with E-state index in [2.05, 4.69) is 22.6 Å². The van der Waals surface area contributed by atoms with Crippen LogP contribution in [0, 0.1) is 9.39 Å². The van der Waals surface area contributed by atoms with Crippen LogP contribution in [-0.2, 0) is 6.42 Å². The van der Waals surface area contributed by atoms with Gasteiger partial charge in [-0.25, -0.2) is 4.39 Å². The van der Waals surface area contributed by atoms with Gasteiger partial charge < -0.3 is 5.73 Å². The Morgan fingerprint density at radius 1 is 1.00 bits per heavy atom. The predicted octanol–water partition coefficient (Wildman–Crippen LogP) is 3.67. The molecule has 1 nitrogen and oxygen atoms in total. The van der Waals surface area contributed by atoms with Gasteiger partial charge in [0, 0.05) is 9.61 Å². The first-order valence-corrected chi connectivity index (χ1v) is 6.48. The second-order valence-electron chi connectivity index (χ2n) is 3.99. The summed E-state index contributed by atoms with van der Waals surface area (Å²) >= 11 is 2.26. The van der Waals surface area contributed by atoms with Crippen LogP contribution in [0.1, 0.15) is 17.2 Å². The quantitative estimate of drug-likeness (QED) is 0.847. The molecule has 2 rings (SSSR count). The zero-order valence-electron chi connectivity index (χ0n) is 9.24. The van der Waals surface area contributed by atoms with Gasteiger partial charge in [0.1, 0.15) is 5.82 Å². The summed E-state index contributed by atoms with van der Waals surface area (Å²) in [5.74, 6) is -0.211.